The van der Waals surface area contributed by atoms with Crippen molar-refractivity contribution in [2.24, 2.45) is 11.8 Å². The summed E-state index contributed by atoms with van der Waals surface area (Å²) in [7, 11) is 0. The van der Waals surface area contributed by atoms with Crippen LogP contribution in [0.2, 0.25) is 0 Å². The number of esters is 1. The summed E-state index contributed by atoms with van der Waals surface area (Å²) < 4.78 is 4.53. The van der Waals surface area contributed by atoms with Gasteiger partial charge in [0.2, 0.25) is 11.8 Å². The van der Waals surface area contributed by atoms with Crippen LogP contribution < -0.4 is 0 Å². The fourth-order valence-corrected chi connectivity index (χ4v) is 8.76. The molecule has 0 aromatic rings. The first kappa shape index (κ1) is 28.8. The highest BCUT2D eigenvalue weighted by atomic mass is 32.2. The van der Waals surface area contributed by atoms with Crippen molar-refractivity contribution in [1.82, 2.24) is 9.80 Å². The summed E-state index contributed by atoms with van der Waals surface area (Å²) in [6.07, 6.45) is 7.99. The predicted octanol–water partition coefficient (Wildman–Crippen LogP) is 3.95. The first-order valence-electron chi connectivity index (χ1n) is 13.3. The molecule has 2 unspecified atom stereocenters. The maximum Gasteiger partial charge on any atom is 0.311 e. The van der Waals surface area contributed by atoms with Gasteiger partial charge in [-0.1, -0.05) is 19.1 Å². The molecule has 6 atom stereocenters. The summed E-state index contributed by atoms with van der Waals surface area (Å²) in [4.78, 5) is 45.3. The van der Waals surface area contributed by atoms with Gasteiger partial charge in [-0.2, -0.15) is 0 Å². The number of hydrogen-bond acceptors (Lipinski definition) is 6. The number of rotatable bonds is 12. The zero-order valence-electron chi connectivity index (χ0n) is 22.6. The molecular weight excluding hydrogens is 476 g/mol. The van der Waals surface area contributed by atoms with E-state index < -0.39 is 39.0 Å². The molecule has 3 aliphatic heterocycles. The van der Waals surface area contributed by atoms with Gasteiger partial charge in [0.25, 0.3) is 0 Å². The molecule has 1 N–H and O–H groups in total. The van der Waals surface area contributed by atoms with Crippen LogP contribution in [0.15, 0.2) is 25.3 Å². The highest BCUT2D eigenvalue weighted by Gasteiger charge is 2.78. The van der Waals surface area contributed by atoms with Crippen molar-refractivity contribution in [2.45, 2.75) is 100 Å². The van der Waals surface area contributed by atoms with Gasteiger partial charge in [-0.3, -0.25) is 14.4 Å². The van der Waals surface area contributed by atoms with Crippen LogP contribution in [0.25, 0.3) is 0 Å². The summed E-state index contributed by atoms with van der Waals surface area (Å²) in [6, 6.07) is -1.23. The molecule has 0 aromatic heterocycles. The summed E-state index contributed by atoms with van der Waals surface area (Å²) in [5, 5.41) is 10.2. The number of amides is 2. The molecule has 2 bridgehead atoms. The molecule has 0 radical (unpaired) electrons. The predicted molar refractivity (Wildman–Crippen MR) is 143 cm³/mol. The van der Waals surface area contributed by atoms with Gasteiger partial charge < -0.3 is 19.6 Å². The molecule has 1 spiro atoms. The number of nitrogens with zero attached hydrogens (tertiary/aromatic N) is 2. The van der Waals surface area contributed by atoms with Crippen molar-refractivity contribution in [2.75, 3.05) is 19.8 Å². The minimum Gasteiger partial charge on any atom is -0.465 e. The van der Waals surface area contributed by atoms with Crippen LogP contribution >= 0.6 is 11.8 Å². The third kappa shape index (κ3) is 4.75. The lowest BCUT2D eigenvalue weighted by Crippen LogP contribution is -2.60. The Morgan fingerprint density at radius 2 is 1.97 bits per heavy atom. The van der Waals surface area contributed by atoms with E-state index in [1.807, 2.05) is 40.7 Å². The third-order valence-electron chi connectivity index (χ3n) is 8.21. The van der Waals surface area contributed by atoms with Gasteiger partial charge in [0, 0.05) is 16.8 Å². The maximum absolute atomic E-state index is 14.3. The second-order valence-corrected chi connectivity index (χ2v) is 13.5. The van der Waals surface area contributed by atoms with Gasteiger partial charge >= 0.3 is 5.97 Å². The first-order valence-corrected chi connectivity index (χ1v) is 14.1. The molecule has 0 aliphatic carbocycles. The number of aliphatic hydroxyl groups is 1. The molecule has 202 valence electrons. The summed E-state index contributed by atoms with van der Waals surface area (Å²) in [5.41, 5.74) is -0.482. The molecule has 3 aliphatic rings. The smallest absolute Gasteiger partial charge is 0.311 e. The van der Waals surface area contributed by atoms with E-state index in [1.165, 1.54) is 0 Å². The number of aliphatic hydroxyl groups excluding tert-OH is 1. The summed E-state index contributed by atoms with van der Waals surface area (Å²) in [6.45, 7) is 17.9. The molecule has 36 heavy (non-hydrogen) atoms. The van der Waals surface area contributed by atoms with E-state index in [4.69, 9.17) is 4.74 Å². The minimum absolute atomic E-state index is 0.139. The van der Waals surface area contributed by atoms with Crippen LogP contribution in [0.4, 0.5) is 0 Å². The molecule has 8 heteroatoms. The van der Waals surface area contributed by atoms with E-state index in [1.54, 1.807) is 27.6 Å². The van der Waals surface area contributed by atoms with E-state index >= 15 is 0 Å². The van der Waals surface area contributed by atoms with Crippen molar-refractivity contribution in [3.8, 4) is 0 Å². The van der Waals surface area contributed by atoms with Gasteiger partial charge in [-0.25, -0.2) is 0 Å². The number of ether oxygens (including phenoxy) is 1. The zero-order chi connectivity index (χ0) is 26.9. The zero-order valence-corrected chi connectivity index (χ0v) is 23.4. The van der Waals surface area contributed by atoms with Crippen molar-refractivity contribution in [3.63, 3.8) is 0 Å². The highest BCUT2D eigenvalue weighted by Crippen LogP contribution is 2.72. The second kappa shape index (κ2) is 10.9. The van der Waals surface area contributed by atoms with Crippen molar-refractivity contribution >= 4 is 29.5 Å². The van der Waals surface area contributed by atoms with Crippen LogP contribution in [0, 0.1) is 11.8 Å². The van der Waals surface area contributed by atoms with Crippen LogP contribution in [-0.4, -0.2) is 79.6 Å². The Hall–Kier alpha value is -1.80. The topological polar surface area (TPSA) is 87.1 Å². The summed E-state index contributed by atoms with van der Waals surface area (Å²) in [5.74, 6) is -1.93. The quantitative estimate of drug-likeness (QED) is 0.238. The van der Waals surface area contributed by atoms with Crippen LogP contribution in [0.3, 0.4) is 0 Å². The van der Waals surface area contributed by atoms with Gasteiger partial charge in [0.15, 0.2) is 0 Å². The van der Waals surface area contributed by atoms with Gasteiger partial charge in [0.05, 0.1) is 35.8 Å². The number of fused-ring (bicyclic) bond motifs is 1. The lowest BCUT2D eigenvalue weighted by atomic mass is 9.66. The molecule has 2 amide bonds. The Labute approximate surface area is 220 Å². The Bertz CT molecular complexity index is 882. The van der Waals surface area contributed by atoms with Crippen molar-refractivity contribution in [1.29, 1.82) is 0 Å². The average Bonchev–Trinajstić information content (AvgIpc) is 3.38. The number of carbonyl (C=O) groups is 3. The number of allylic oxidation sites excluding steroid dienone is 1. The summed E-state index contributed by atoms with van der Waals surface area (Å²) >= 11 is 1.63. The lowest BCUT2D eigenvalue weighted by Gasteiger charge is -2.43. The Morgan fingerprint density at radius 3 is 2.53 bits per heavy atom. The largest absolute Gasteiger partial charge is 0.465 e. The normalized spacial score (nSPS) is 31.8. The van der Waals surface area contributed by atoms with E-state index in [-0.39, 0.29) is 24.4 Å². The van der Waals surface area contributed by atoms with Gasteiger partial charge in [-0.05, 0) is 66.2 Å². The molecular formula is C28H44N2O5S. The van der Waals surface area contributed by atoms with Crippen LogP contribution in [-0.2, 0) is 19.1 Å². The highest BCUT2D eigenvalue weighted by molar-refractivity contribution is 8.02. The minimum atomic E-state index is -0.747. The second-order valence-electron chi connectivity index (χ2n) is 11.6. The number of hydrogen-bond donors (Lipinski definition) is 1. The number of likely N-dealkylation sites (tertiary alicyclic amines) is 1. The van der Waals surface area contributed by atoms with Gasteiger partial charge in [0.1, 0.15) is 6.04 Å². The fraction of sp³-hybridized carbons (Fsp3) is 0.750. The molecule has 3 saturated heterocycles. The average molecular weight is 521 g/mol. The number of thioether (sulfide) groups is 1. The fourth-order valence-electron chi connectivity index (χ4n) is 6.43. The van der Waals surface area contributed by atoms with E-state index in [0.717, 1.165) is 25.7 Å². The van der Waals surface area contributed by atoms with Crippen LogP contribution in [0.1, 0.15) is 73.1 Å². The van der Waals surface area contributed by atoms with Crippen LogP contribution in [0.5, 0.6) is 0 Å². The van der Waals surface area contributed by atoms with E-state index in [0.29, 0.717) is 26.0 Å². The monoisotopic (exact) mass is 520 g/mol. The maximum atomic E-state index is 14.3. The van der Waals surface area contributed by atoms with Crippen molar-refractivity contribution < 1.29 is 24.2 Å². The van der Waals surface area contributed by atoms with E-state index in [9.17, 15) is 19.5 Å². The van der Waals surface area contributed by atoms with E-state index in [2.05, 4.69) is 13.2 Å². The first-order chi connectivity index (χ1) is 16.9. The third-order valence-corrected chi connectivity index (χ3v) is 10.2. The number of carbonyl (C=O) groups excluding carboxylic acids is 3. The SMILES string of the molecule is C=CCCCCOC(=O)[C@@H]1[C@H]2C(=O)N([C@@H](CC)CO)C(C(=O)N(CC=C)C(C)(C)C)C23CC[C@@]1(C)S3. The lowest BCUT2D eigenvalue weighted by molar-refractivity contribution is -0.156. The standard InChI is InChI=1S/C28H44N2O5S/c1-8-11-12-13-17-35-25(34)21-20-23(32)30(19(10-3)18-31)22(28(20)15-14-27(21,7)36-28)24(33)29(16-9-2)26(4,5)6/h8-9,19-22,31H,1-2,10-18H2,3-7H3/t19-,20-,21-,22?,27+,28?/m0/s1. The molecule has 0 saturated carbocycles. The molecule has 3 heterocycles. The number of unbranched alkanes of at least 4 members (excludes halogenated alkanes) is 2. The Morgan fingerprint density at radius 1 is 1.28 bits per heavy atom. The molecule has 3 fully saturated rings. The molecule has 0 aromatic carbocycles. The van der Waals surface area contributed by atoms with Crippen molar-refractivity contribution in [3.05, 3.63) is 25.3 Å². The Kier molecular flexibility index (Phi) is 8.71. The Balaban J connectivity index is 2.02. The van der Waals surface area contributed by atoms with Gasteiger partial charge in [-0.15, -0.1) is 24.9 Å². The molecule has 7 nitrogen and oxygen atoms in total. The molecule has 3 rings (SSSR count).